The highest BCUT2D eigenvalue weighted by atomic mass is 32.2. The standard InChI is InChI=1S/C2H4FN3S/c1-6-2(3)4-5-7-6/h2H,1H3. The average molecular weight is 121 g/mol. The van der Waals surface area contributed by atoms with Gasteiger partial charge in [-0.25, -0.2) is 4.39 Å². The number of hydrogen-bond acceptors (Lipinski definition) is 4. The molecule has 0 aromatic heterocycles. The van der Waals surface area contributed by atoms with Crippen LogP contribution in [-0.4, -0.2) is 17.8 Å². The van der Waals surface area contributed by atoms with Crippen molar-refractivity contribution in [3.63, 3.8) is 0 Å². The molecule has 0 aromatic rings. The largest absolute Gasteiger partial charge is 0.276 e. The van der Waals surface area contributed by atoms with Gasteiger partial charge in [0.25, 0.3) is 6.42 Å². The van der Waals surface area contributed by atoms with E-state index in [0.717, 1.165) is 12.1 Å². The van der Waals surface area contributed by atoms with Crippen molar-refractivity contribution < 1.29 is 4.39 Å². The first kappa shape index (κ1) is 4.99. The van der Waals surface area contributed by atoms with E-state index in [2.05, 4.69) is 9.63 Å². The molecule has 0 spiro atoms. The van der Waals surface area contributed by atoms with Gasteiger partial charge >= 0.3 is 0 Å². The van der Waals surface area contributed by atoms with Gasteiger partial charge in [0, 0.05) is 7.05 Å². The maximum atomic E-state index is 12.0. The van der Waals surface area contributed by atoms with Gasteiger partial charge in [-0.1, -0.05) is 4.52 Å². The molecule has 0 saturated heterocycles. The average Bonchev–Trinajstić information content (AvgIpc) is 1.91. The topological polar surface area (TPSA) is 28.0 Å². The summed E-state index contributed by atoms with van der Waals surface area (Å²) >= 11 is 1.02. The normalized spacial score (nSPS) is 32.0. The van der Waals surface area contributed by atoms with E-state index in [9.17, 15) is 4.39 Å². The van der Waals surface area contributed by atoms with Gasteiger partial charge in [-0.05, 0) is 0 Å². The van der Waals surface area contributed by atoms with Crippen LogP contribution in [0.3, 0.4) is 0 Å². The van der Waals surface area contributed by atoms with Crippen LogP contribution in [0.1, 0.15) is 0 Å². The minimum atomic E-state index is -1.23. The number of halogens is 1. The fourth-order valence-electron chi connectivity index (χ4n) is 0.229. The molecule has 1 rings (SSSR count). The molecule has 0 radical (unpaired) electrons. The Morgan fingerprint density at radius 2 is 2.57 bits per heavy atom. The molecule has 1 atom stereocenters. The van der Waals surface area contributed by atoms with Crippen LogP contribution in [0.2, 0.25) is 0 Å². The smallest absolute Gasteiger partial charge is 0.200 e. The number of hydrogen-bond donors (Lipinski definition) is 0. The Morgan fingerprint density at radius 3 is 2.71 bits per heavy atom. The molecule has 0 saturated carbocycles. The lowest BCUT2D eigenvalue weighted by Gasteiger charge is -2.01. The van der Waals surface area contributed by atoms with Gasteiger partial charge in [-0.3, -0.25) is 0 Å². The fraction of sp³-hybridized carbons (Fsp3) is 1.00. The molecule has 1 aliphatic heterocycles. The minimum absolute atomic E-state index is 1.02. The lowest BCUT2D eigenvalue weighted by molar-refractivity contribution is 0.219. The van der Waals surface area contributed by atoms with Crippen LogP contribution in [0.5, 0.6) is 0 Å². The zero-order valence-electron chi connectivity index (χ0n) is 3.71. The van der Waals surface area contributed by atoms with Crippen molar-refractivity contribution in [2.45, 2.75) is 6.42 Å². The van der Waals surface area contributed by atoms with Gasteiger partial charge in [-0.15, -0.1) is 5.11 Å². The van der Waals surface area contributed by atoms with Crippen LogP contribution in [-0.2, 0) is 0 Å². The van der Waals surface area contributed by atoms with Crippen molar-refractivity contribution in [3.8, 4) is 0 Å². The van der Waals surface area contributed by atoms with Gasteiger partial charge in [-0.2, -0.15) is 4.31 Å². The van der Waals surface area contributed by atoms with Crippen LogP contribution in [0, 0.1) is 0 Å². The Balaban J connectivity index is 2.45. The molecule has 7 heavy (non-hydrogen) atoms. The fourth-order valence-corrected chi connectivity index (χ4v) is 0.584. The van der Waals surface area contributed by atoms with E-state index in [1.807, 2.05) is 0 Å². The molecule has 40 valence electrons. The van der Waals surface area contributed by atoms with Crippen LogP contribution in [0.15, 0.2) is 9.63 Å². The third-order valence-electron chi connectivity index (χ3n) is 0.608. The molecule has 1 unspecified atom stereocenters. The second-order valence-corrected chi connectivity index (χ2v) is 2.04. The van der Waals surface area contributed by atoms with Crippen molar-refractivity contribution >= 4 is 12.1 Å². The molecular weight excluding hydrogens is 117 g/mol. The van der Waals surface area contributed by atoms with Crippen molar-refractivity contribution in [1.82, 2.24) is 4.31 Å². The van der Waals surface area contributed by atoms with E-state index in [-0.39, 0.29) is 0 Å². The highest BCUT2D eigenvalue weighted by Gasteiger charge is 2.16. The lowest BCUT2D eigenvalue weighted by Crippen LogP contribution is -2.12. The molecule has 0 bridgehead atoms. The van der Waals surface area contributed by atoms with E-state index in [0.29, 0.717) is 0 Å². The summed E-state index contributed by atoms with van der Waals surface area (Å²) in [7, 11) is 1.59. The first-order chi connectivity index (χ1) is 3.30. The van der Waals surface area contributed by atoms with Crippen LogP contribution >= 0.6 is 12.1 Å². The zero-order chi connectivity index (χ0) is 5.28. The SMILES string of the molecule is CN1SN=NC1F. The molecule has 5 heteroatoms. The Labute approximate surface area is 44.9 Å². The van der Waals surface area contributed by atoms with E-state index in [1.54, 1.807) is 7.05 Å². The molecular formula is C2H4FN3S. The highest BCUT2D eigenvalue weighted by Crippen LogP contribution is 2.22. The van der Waals surface area contributed by atoms with E-state index in [1.165, 1.54) is 4.31 Å². The monoisotopic (exact) mass is 121 g/mol. The Bertz CT molecular complexity index is 94.9. The van der Waals surface area contributed by atoms with Gasteiger partial charge < -0.3 is 0 Å². The quantitative estimate of drug-likeness (QED) is 0.356. The van der Waals surface area contributed by atoms with Crippen molar-refractivity contribution in [2.24, 2.45) is 9.63 Å². The molecule has 0 amide bonds. The first-order valence-electron chi connectivity index (χ1n) is 1.75. The second-order valence-electron chi connectivity index (χ2n) is 1.14. The maximum absolute atomic E-state index is 12.0. The summed E-state index contributed by atoms with van der Waals surface area (Å²) < 4.78 is 16.6. The molecule has 0 aromatic carbocycles. The molecule has 3 nitrogen and oxygen atoms in total. The predicted molar refractivity (Wildman–Crippen MR) is 25.1 cm³/mol. The van der Waals surface area contributed by atoms with E-state index in [4.69, 9.17) is 0 Å². The van der Waals surface area contributed by atoms with Crippen LogP contribution in [0.4, 0.5) is 4.39 Å². The number of rotatable bonds is 0. The van der Waals surface area contributed by atoms with Crippen molar-refractivity contribution in [3.05, 3.63) is 0 Å². The Kier molecular flexibility index (Phi) is 1.25. The summed E-state index contributed by atoms with van der Waals surface area (Å²) in [5.74, 6) is 0. The van der Waals surface area contributed by atoms with Gasteiger partial charge in [0.2, 0.25) is 0 Å². The van der Waals surface area contributed by atoms with E-state index < -0.39 is 6.42 Å². The van der Waals surface area contributed by atoms with E-state index >= 15 is 0 Å². The number of nitrogens with zero attached hydrogens (tertiary/aromatic N) is 3. The molecule has 1 aliphatic rings. The van der Waals surface area contributed by atoms with Gasteiger partial charge in [0.1, 0.15) is 0 Å². The highest BCUT2D eigenvalue weighted by molar-refractivity contribution is 7.95. The second kappa shape index (κ2) is 1.75. The minimum Gasteiger partial charge on any atom is -0.200 e. The summed E-state index contributed by atoms with van der Waals surface area (Å²) in [5.41, 5.74) is 0. The summed E-state index contributed by atoms with van der Waals surface area (Å²) in [5, 5.41) is 3.16. The molecule has 0 aliphatic carbocycles. The number of alkyl halides is 1. The lowest BCUT2D eigenvalue weighted by atomic mass is 11.0. The zero-order valence-corrected chi connectivity index (χ0v) is 4.52. The summed E-state index contributed by atoms with van der Waals surface area (Å²) in [6, 6.07) is 0. The molecule has 0 N–H and O–H groups in total. The van der Waals surface area contributed by atoms with Gasteiger partial charge in [0.05, 0.1) is 12.1 Å². The van der Waals surface area contributed by atoms with Crippen molar-refractivity contribution in [2.75, 3.05) is 7.05 Å². The molecule has 0 fully saturated rings. The summed E-state index contributed by atoms with van der Waals surface area (Å²) in [6.07, 6.45) is -1.23. The summed E-state index contributed by atoms with van der Waals surface area (Å²) in [6.45, 7) is 0. The Morgan fingerprint density at radius 1 is 1.86 bits per heavy atom. The third kappa shape index (κ3) is 0.889. The first-order valence-corrected chi connectivity index (χ1v) is 2.48. The van der Waals surface area contributed by atoms with Crippen LogP contribution in [0.25, 0.3) is 0 Å². The predicted octanol–water partition coefficient (Wildman–Crippen LogP) is 1.20. The molecule has 1 heterocycles. The maximum Gasteiger partial charge on any atom is 0.276 e. The van der Waals surface area contributed by atoms with Crippen LogP contribution < -0.4 is 0 Å². The summed E-state index contributed by atoms with van der Waals surface area (Å²) in [4.78, 5) is 0. The third-order valence-corrected chi connectivity index (χ3v) is 1.21. The van der Waals surface area contributed by atoms with Gasteiger partial charge in [0.15, 0.2) is 0 Å². The van der Waals surface area contributed by atoms with Crippen molar-refractivity contribution in [1.29, 1.82) is 0 Å². The Hall–Kier alpha value is -0.160.